The maximum Gasteiger partial charge on any atom is 0.140 e. The second-order valence-corrected chi connectivity index (χ2v) is 3.98. The van der Waals surface area contributed by atoms with Crippen molar-refractivity contribution in [2.24, 2.45) is 11.8 Å². The minimum absolute atomic E-state index is 0.172. The molecule has 1 N–H and O–H groups in total. The zero-order chi connectivity index (χ0) is 9.97. The van der Waals surface area contributed by atoms with Crippen LogP contribution in [0.3, 0.4) is 0 Å². The number of hydrogen-bond donors (Lipinski definition) is 1. The van der Waals surface area contributed by atoms with Crippen LogP contribution in [0.25, 0.3) is 0 Å². The Hall–Kier alpha value is -1.09. The number of Topliss-reactive ketones (excluding diaryl/α,β-unsaturated/α-hetero) is 1. The summed E-state index contributed by atoms with van der Waals surface area (Å²) in [5.74, 6) is 1.03. The van der Waals surface area contributed by atoms with E-state index in [9.17, 15) is 4.79 Å². The number of carbonyl (C=O) groups excluding carboxylic acids is 1. The van der Waals surface area contributed by atoms with Crippen LogP contribution in [-0.2, 0) is 11.2 Å². The summed E-state index contributed by atoms with van der Waals surface area (Å²) in [5.41, 5.74) is 0.981. The molecule has 1 saturated heterocycles. The summed E-state index contributed by atoms with van der Waals surface area (Å²) in [4.78, 5) is 11.8. The number of rotatable bonds is 4. The Morgan fingerprint density at radius 1 is 1.71 bits per heavy atom. The van der Waals surface area contributed by atoms with E-state index in [0.717, 1.165) is 18.7 Å². The number of ketones is 1. The summed E-state index contributed by atoms with van der Waals surface area (Å²) >= 11 is 0. The monoisotopic (exact) mass is 193 g/mol. The molecule has 1 aliphatic rings. The van der Waals surface area contributed by atoms with Gasteiger partial charge in [-0.05, 0) is 30.6 Å². The van der Waals surface area contributed by atoms with Gasteiger partial charge in [-0.1, -0.05) is 6.92 Å². The van der Waals surface area contributed by atoms with Gasteiger partial charge in [0.1, 0.15) is 5.78 Å². The van der Waals surface area contributed by atoms with E-state index in [2.05, 4.69) is 5.32 Å². The zero-order valence-corrected chi connectivity index (χ0v) is 8.32. The standard InChI is InChI=1S/C11H15NO2/c1-8(10-5-12-6-10)11(13)4-9-2-3-14-7-9/h2-3,7-8,10,12H,4-6H2,1H3. The van der Waals surface area contributed by atoms with Crippen LogP contribution in [0.2, 0.25) is 0 Å². The summed E-state index contributed by atoms with van der Waals surface area (Å²) in [7, 11) is 0. The van der Waals surface area contributed by atoms with E-state index in [1.807, 2.05) is 13.0 Å². The van der Waals surface area contributed by atoms with Crippen molar-refractivity contribution >= 4 is 5.78 Å². The highest BCUT2D eigenvalue weighted by molar-refractivity contribution is 5.83. The topological polar surface area (TPSA) is 42.2 Å². The Labute approximate surface area is 83.5 Å². The number of nitrogens with one attached hydrogen (secondary N) is 1. The first-order chi connectivity index (χ1) is 6.77. The lowest BCUT2D eigenvalue weighted by Crippen LogP contribution is -2.47. The third-order valence-corrected chi connectivity index (χ3v) is 2.99. The molecule has 0 saturated carbocycles. The molecule has 1 aliphatic heterocycles. The summed E-state index contributed by atoms with van der Waals surface area (Å²) < 4.78 is 4.93. The van der Waals surface area contributed by atoms with Gasteiger partial charge in [-0.25, -0.2) is 0 Å². The van der Waals surface area contributed by atoms with E-state index in [0.29, 0.717) is 18.1 Å². The Kier molecular flexibility index (Phi) is 2.68. The molecule has 0 aromatic carbocycles. The van der Waals surface area contributed by atoms with Crippen molar-refractivity contribution in [3.05, 3.63) is 24.2 Å². The van der Waals surface area contributed by atoms with Crippen molar-refractivity contribution < 1.29 is 9.21 Å². The molecule has 14 heavy (non-hydrogen) atoms. The van der Waals surface area contributed by atoms with Crippen LogP contribution in [-0.4, -0.2) is 18.9 Å². The normalized spacial score (nSPS) is 18.9. The molecule has 2 heterocycles. The minimum Gasteiger partial charge on any atom is -0.472 e. The van der Waals surface area contributed by atoms with Crippen molar-refractivity contribution in [2.45, 2.75) is 13.3 Å². The molecule has 0 amide bonds. The lowest BCUT2D eigenvalue weighted by atomic mass is 9.84. The molecule has 1 aromatic heterocycles. The highest BCUT2D eigenvalue weighted by Gasteiger charge is 2.28. The van der Waals surface area contributed by atoms with Crippen molar-refractivity contribution in [1.29, 1.82) is 0 Å². The first kappa shape index (κ1) is 9.46. The predicted molar refractivity (Wildman–Crippen MR) is 52.9 cm³/mol. The van der Waals surface area contributed by atoms with E-state index >= 15 is 0 Å². The average Bonchev–Trinajstić information content (AvgIpc) is 2.53. The van der Waals surface area contributed by atoms with Crippen molar-refractivity contribution in [2.75, 3.05) is 13.1 Å². The van der Waals surface area contributed by atoms with Crippen LogP contribution in [0.1, 0.15) is 12.5 Å². The SMILES string of the molecule is CC(C(=O)Cc1ccoc1)C1CNC1. The molecular weight excluding hydrogens is 178 g/mol. The van der Waals surface area contributed by atoms with Crippen LogP contribution in [0.4, 0.5) is 0 Å². The van der Waals surface area contributed by atoms with Crippen LogP contribution < -0.4 is 5.32 Å². The van der Waals surface area contributed by atoms with Crippen molar-refractivity contribution in [3.63, 3.8) is 0 Å². The van der Waals surface area contributed by atoms with Gasteiger partial charge in [0.05, 0.1) is 12.5 Å². The number of furan rings is 1. The maximum atomic E-state index is 11.8. The highest BCUT2D eigenvalue weighted by atomic mass is 16.3. The quantitative estimate of drug-likeness (QED) is 0.782. The van der Waals surface area contributed by atoms with Gasteiger partial charge in [0.2, 0.25) is 0 Å². The summed E-state index contributed by atoms with van der Waals surface area (Å²) in [5, 5.41) is 3.19. The Morgan fingerprint density at radius 2 is 2.50 bits per heavy atom. The summed E-state index contributed by atoms with van der Waals surface area (Å²) in [6.07, 6.45) is 3.76. The van der Waals surface area contributed by atoms with E-state index in [1.165, 1.54) is 0 Å². The molecule has 1 fully saturated rings. The lowest BCUT2D eigenvalue weighted by molar-refractivity contribution is -0.123. The van der Waals surface area contributed by atoms with Gasteiger partial charge in [0.25, 0.3) is 0 Å². The molecule has 3 nitrogen and oxygen atoms in total. The van der Waals surface area contributed by atoms with Crippen molar-refractivity contribution in [1.82, 2.24) is 5.32 Å². The molecule has 1 atom stereocenters. The van der Waals surface area contributed by atoms with E-state index in [1.54, 1.807) is 12.5 Å². The third kappa shape index (κ3) is 1.87. The van der Waals surface area contributed by atoms with Gasteiger partial charge in [0, 0.05) is 12.3 Å². The summed E-state index contributed by atoms with van der Waals surface area (Å²) in [6, 6.07) is 1.85. The molecule has 1 unspecified atom stereocenters. The fourth-order valence-electron chi connectivity index (χ4n) is 1.68. The fourth-order valence-corrected chi connectivity index (χ4v) is 1.68. The average molecular weight is 193 g/mol. The Bertz CT molecular complexity index is 301. The second kappa shape index (κ2) is 3.96. The first-order valence-corrected chi connectivity index (χ1v) is 5.02. The highest BCUT2D eigenvalue weighted by Crippen LogP contribution is 2.18. The van der Waals surface area contributed by atoms with Crippen molar-refractivity contribution in [3.8, 4) is 0 Å². The van der Waals surface area contributed by atoms with Gasteiger partial charge in [-0.15, -0.1) is 0 Å². The molecule has 1 aromatic rings. The third-order valence-electron chi connectivity index (χ3n) is 2.99. The van der Waals surface area contributed by atoms with Gasteiger partial charge < -0.3 is 9.73 Å². The molecule has 0 aliphatic carbocycles. The lowest BCUT2D eigenvalue weighted by Gasteiger charge is -2.31. The number of carbonyl (C=O) groups is 1. The van der Waals surface area contributed by atoms with E-state index in [4.69, 9.17) is 4.42 Å². The molecule has 2 rings (SSSR count). The summed E-state index contributed by atoms with van der Waals surface area (Å²) in [6.45, 7) is 3.99. The molecule has 0 spiro atoms. The van der Waals surface area contributed by atoms with Crippen LogP contribution in [0, 0.1) is 11.8 Å². The van der Waals surface area contributed by atoms with Gasteiger partial charge >= 0.3 is 0 Å². The Morgan fingerprint density at radius 3 is 3.00 bits per heavy atom. The smallest absolute Gasteiger partial charge is 0.140 e. The molecule has 3 heteroatoms. The Balaban J connectivity index is 1.88. The minimum atomic E-state index is 0.172. The zero-order valence-electron chi connectivity index (χ0n) is 8.32. The fraction of sp³-hybridized carbons (Fsp3) is 0.545. The maximum absolute atomic E-state index is 11.8. The number of hydrogen-bond acceptors (Lipinski definition) is 3. The molecule has 76 valence electrons. The van der Waals surface area contributed by atoms with Gasteiger partial charge in [-0.2, -0.15) is 0 Å². The molecule has 0 radical (unpaired) electrons. The first-order valence-electron chi connectivity index (χ1n) is 5.02. The predicted octanol–water partition coefficient (Wildman–Crippen LogP) is 1.25. The van der Waals surface area contributed by atoms with E-state index < -0.39 is 0 Å². The van der Waals surface area contributed by atoms with Crippen LogP contribution >= 0.6 is 0 Å². The van der Waals surface area contributed by atoms with Crippen LogP contribution in [0.15, 0.2) is 23.0 Å². The molecule has 0 bridgehead atoms. The van der Waals surface area contributed by atoms with Gasteiger partial charge in [-0.3, -0.25) is 4.79 Å². The largest absolute Gasteiger partial charge is 0.472 e. The second-order valence-electron chi connectivity index (χ2n) is 3.98. The molecular formula is C11H15NO2. The van der Waals surface area contributed by atoms with E-state index in [-0.39, 0.29) is 5.92 Å². The van der Waals surface area contributed by atoms with Crippen LogP contribution in [0.5, 0.6) is 0 Å². The van der Waals surface area contributed by atoms with Gasteiger partial charge in [0.15, 0.2) is 0 Å².